The summed E-state index contributed by atoms with van der Waals surface area (Å²) in [5.41, 5.74) is 0.636. The monoisotopic (exact) mass is 314 g/mol. The summed E-state index contributed by atoms with van der Waals surface area (Å²) < 4.78 is 1.46. The summed E-state index contributed by atoms with van der Waals surface area (Å²) in [6.45, 7) is 3.34. The molecule has 2 aromatic rings. The Morgan fingerprint density at radius 2 is 1.85 bits per heavy atom. The number of hydrogen-bond donors (Lipinski definition) is 1. The average molecular weight is 315 g/mol. The SMILES string of the molecule is CC(C(=O)O)C(C)n1nnnc1-c1cc(Cl)cc(Cl)c1. The van der Waals surface area contributed by atoms with Gasteiger partial charge in [-0.1, -0.05) is 23.2 Å². The van der Waals surface area contributed by atoms with Crippen LogP contribution in [0.25, 0.3) is 11.4 Å². The molecule has 2 rings (SSSR count). The summed E-state index contributed by atoms with van der Waals surface area (Å²) in [5.74, 6) is -1.12. The summed E-state index contributed by atoms with van der Waals surface area (Å²) in [5, 5.41) is 21.4. The van der Waals surface area contributed by atoms with Crippen LogP contribution in [0.3, 0.4) is 0 Å². The summed E-state index contributed by atoms with van der Waals surface area (Å²) in [4.78, 5) is 11.1. The molecule has 0 radical (unpaired) electrons. The third-order valence-corrected chi connectivity index (χ3v) is 3.55. The van der Waals surface area contributed by atoms with Crippen molar-refractivity contribution in [1.29, 1.82) is 0 Å². The van der Waals surface area contributed by atoms with Gasteiger partial charge in [0.25, 0.3) is 0 Å². The second-order valence-electron chi connectivity index (χ2n) is 4.47. The second-order valence-corrected chi connectivity index (χ2v) is 5.35. The van der Waals surface area contributed by atoms with E-state index in [2.05, 4.69) is 15.5 Å². The van der Waals surface area contributed by atoms with Crippen LogP contribution in [0, 0.1) is 5.92 Å². The lowest BCUT2D eigenvalue weighted by molar-refractivity contribution is -0.142. The molecule has 106 valence electrons. The largest absolute Gasteiger partial charge is 0.481 e. The molecule has 0 bridgehead atoms. The van der Waals surface area contributed by atoms with E-state index in [0.717, 1.165) is 0 Å². The molecule has 0 amide bonds. The lowest BCUT2D eigenvalue weighted by atomic mass is 10.0. The molecule has 20 heavy (non-hydrogen) atoms. The first kappa shape index (κ1) is 14.7. The van der Waals surface area contributed by atoms with Gasteiger partial charge >= 0.3 is 5.97 Å². The molecule has 1 aromatic heterocycles. The van der Waals surface area contributed by atoms with E-state index in [1.807, 2.05) is 0 Å². The Labute approximate surface area is 125 Å². The molecular formula is C12H12Cl2N4O2. The van der Waals surface area contributed by atoms with Gasteiger partial charge in [0.2, 0.25) is 0 Å². The maximum absolute atomic E-state index is 11.1. The Morgan fingerprint density at radius 3 is 2.40 bits per heavy atom. The first-order chi connectivity index (χ1) is 9.40. The average Bonchev–Trinajstić information content (AvgIpc) is 2.84. The maximum atomic E-state index is 11.1. The number of rotatable bonds is 4. The van der Waals surface area contributed by atoms with Gasteiger partial charge in [0, 0.05) is 15.6 Å². The van der Waals surface area contributed by atoms with Crippen LogP contribution in [-0.4, -0.2) is 31.3 Å². The summed E-state index contributed by atoms with van der Waals surface area (Å²) >= 11 is 11.9. The van der Waals surface area contributed by atoms with Crippen molar-refractivity contribution < 1.29 is 9.90 Å². The number of halogens is 2. The fourth-order valence-corrected chi connectivity index (χ4v) is 2.29. The van der Waals surface area contributed by atoms with Crippen molar-refractivity contribution in [2.75, 3.05) is 0 Å². The number of tetrazole rings is 1. The van der Waals surface area contributed by atoms with Crippen LogP contribution in [-0.2, 0) is 4.79 Å². The smallest absolute Gasteiger partial charge is 0.308 e. The highest BCUT2D eigenvalue weighted by Crippen LogP contribution is 2.28. The quantitative estimate of drug-likeness (QED) is 0.938. The maximum Gasteiger partial charge on any atom is 0.308 e. The van der Waals surface area contributed by atoms with Crippen molar-refractivity contribution in [2.24, 2.45) is 5.92 Å². The van der Waals surface area contributed by atoms with Gasteiger partial charge in [-0.15, -0.1) is 5.10 Å². The van der Waals surface area contributed by atoms with Crippen LogP contribution in [0.1, 0.15) is 19.9 Å². The van der Waals surface area contributed by atoms with Crippen LogP contribution in [0.4, 0.5) is 0 Å². The van der Waals surface area contributed by atoms with Crippen molar-refractivity contribution >= 4 is 29.2 Å². The standard InChI is InChI=1S/C12H12Cl2N4O2/c1-6(12(19)20)7(2)18-11(15-16-17-18)8-3-9(13)5-10(14)4-8/h3-7H,1-2H3,(H,19,20). The topological polar surface area (TPSA) is 80.9 Å². The van der Waals surface area contributed by atoms with E-state index in [0.29, 0.717) is 21.4 Å². The molecule has 0 aliphatic carbocycles. The number of nitrogens with zero attached hydrogens (tertiary/aromatic N) is 4. The lowest BCUT2D eigenvalue weighted by Crippen LogP contribution is -2.23. The minimum atomic E-state index is -0.914. The zero-order chi connectivity index (χ0) is 14.9. The Morgan fingerprint density at radius 1 is 1.25 bits per heavy atom. The second kappa shape index (κ2) is 5.76. The van der Waals surface area contributed by atoms with Gasteiger partial charge in [0.05, 0.1) is 12.0 Å². The van der Waals surface area contributed by atoms with Gasteiger partial charge in [0.15, 0.2) is 5.82 Å². The zero-order valence-corrected chi connectivity index (χ0v) is 12.3. The van der Waals surface area contributed by atoms with E-state index >= 15 is 0 Å². The molecule has 6 nitrogen and oxygen atoms in total. The first-order valence-electron chi connectivity index (χ1n) is 5.87. The van der Waals surface area contributed by atoms with Crippen LogP contribution in [0.2, 0.25) is 10.0 Å². The highest BCUT2D eigenvalue weighted by molar-refractivity contribution is 6.35. The first-order valence-corrected chi connectivity index (χ1v) is 6.63. The summed E-state index contributed by atoms with van der Waals surface area (Å²) in [7, 11) is 0. The van der Waals surface area contributed by atoms with Crippen LogP contribution in [0.5, 0.6) is 0 Å². The van der Waals surface area contributed by atoms with Gasteiger partial charge in [-0.25, -0.2) is 4.68 Å². The van der Waals surface area contributed by atoms with E-state index < -0.39 is 17.9 Å². The Bertz CT molecular complexity index is 624. The van der Waals surface area contributed by atoms with Crippen LogP contribution < -0.4 is 0 Å². The van der Waals surface area contributed by atoms with Crippen LogP contribution >= 0.6 is 23.2 Å². The van der Waals surface area contributed by atoms with E-state index in [-0.39, 0.29) is 0 Å². The molecule has 8 heteroatoms. The Kier molecular flexibility index (Phi) is 4.25. The minimum Gasteiger partial charge on any atom is -0.481 e. The Hall–Kier alpha value is -1.66. The lowest BCUT2D eigenvalue weighted by Gasteiger charge is -2.17. The van der Waals surface area contributed by atoms with Crippen molar-refractivity contribution in [1.82, 2.24) is 20.2 Å². The van der Waals surface area contributed by atoms with E-state index in [1.165, 1.54) is 4.68 Å². The van der Waals surface area contributed by atoms with E-state index in [1.54, 1.807) is 32.0 Å². The molecule has 1 aromatic carbocycles. The fourth-order valence-electron chi connectivity index (χ4n) is 1.76. The predicted octanol–water partition coefficient (Wildman–Crippen LogP) is 2.93. The molecular weight excluding hydrogens is 303 g/mol. The van der Waals surface area contributed by atoms with Gasteiger partial charge in [-0.05, 0) is 42.5 Å². The predicted molar refractivity (Wildman–Crippen MR) is 74.8 cm³/mol. The highest BCUT2D eigenvalue weighted by Gasteiger charge is 2.25. The molecule has 1 N–H and O–H groups in total. The number of benzene rings is 1. The van der Waals surface area contributed by atoms with Crippen LogP contribution in [0.15, 0.2) is 18.2 Å². The molecule has 0 aliphatic heterocycles. The molecule has 2 atom stereocenters. The normalized spacial score (nSPS) is 14.0. The van der Waals surface area contributed by atoms with Crippen molar-refractivity contribution in [3.63, 3.8) is 0 Å². The van der Waals surface area contributed by atoms with Crippen molar-refractivity contribution in [3.05, 3.63) is 28.2 Å². The minimum absolute atomic E-state index is 0.407. The van der Waals surface area contributed by atoms with Gasteiger partial charge in [-0.2, -0.15) is 0 Å². The van der Waals surface area contributed by atoms with Crippen molar-refractivity contribution in [3.8, 4) is 11.4 Å². The fraction of sp³-hybridized carbons (Fsp3) is 0.333. The van der Waals surface area contributed by atoms with E-state index in [4.69, 9.17) is 28.3 Å². The van der Waals surface area contributed by atoms with Gasteiger partial charge < -0.3 is 5.11 Å². The summed E-state index contributed by atoms with van der Waals surface area (Å²) in [6.07, 6.45) is 0. The third-order valence-electron chi connectivity index (χ3n) is 3.11. The van der Waals surface area contributed by atoms with Crippen molar-refractivity contribution in [2.45, 2.75) is 19.9 Å². The number of carboxylic acids is 1. The van der Waals surface area contributed by atoms with Gasteiger partial charge in [0.1, 0.15) is 0 Å². The Balaban J connectivity index is 2.45. The molecule has 1 heterocycles. The molecule has 0 saturated heterocycles. The third kappa shape index (κ3) is 2.91. The molecule has 0 spiro atoms. The number of aliphatic carboxylic acids is 1. The number of aromatic nitrogens is 4. The number of carbonyl (C=O) groups is 1. The zero-order valence-electron chi connectivity index (χ0n) is 10.8. The number of hydrogen-bond acceptors (Lipinski definition) is 4. The molecule has 0 saturated carbocycles. The molecule has 2 unspecified atom stereocenters. The molecule has 0 fully saturated rings. The highest BCUT2D eigenvalue weighted by atomic mass is 35.5. The summed E-state index contributed by atoms with van der Waals surface area (Å²) in [6, 6.07) is 4.54. The molecule has 0 aliphatic rings. The van der Waals surface area contributed by atoms with Gasteiger partial charge in [-0.3, -0.25) is 4.79 Å². The number of carboxylic acid groups (broad SMARTS) is 1. The van der Waals surface area contributed by atoms with E-state index in [9.17, 15) is 4.79 Å².